The van der Waals surface area contributed by atoms with Gasteiger partial charge in [-0.15, -0.1) is 21.5 Å². The Labute approximate surface area is 201 Å². The molecule has 0 amide bonds. The Morgan fingerprint density at radius 3 is 2.61 bits per heavy atom. The van der Waals surface area contributed by atoms with Crippen molar-refractivity contribution in [3.8, 4) is 10.8 Å². The number of hydrogen-bond acceptors (Lipinski definition) is 7. The zero-order valence-corrected chi connectivity index (χ0v) is 20.4. The van der Waals surface area contributed by atoms with Crippen molar-refractivity contribution in [1.29, 1.82) is 0 Å². The third-order valence-corrected chi connectivity index (χ3v) is 7.64. The van der Waals surface area contributed by atoms with E-state index in [1.807, 2.05) is 48.1 Å². The summed E-state index contributed by atoms with van der Waals surface area (Å²) in [7, 11) is 0. The number of rotatable bonds is 8. The summed E-state index contributed by atoms with van der Waals surface area (Å²) in [4.78, 5) is 20.0. The van der Waals surface area contributed by atoms with Crippen molar-refractivity contribution in [2.45, 2.75) is 38.4 Å². The van der Waals surface area contributed by atoms with E-state index in [0.29, 0.717) is 5.75 Å². The van der Waals surface area contributed by atoms with E-state index in [9.17, 15) is 4.79 Å². The number of nitrogens with zero attached hydrogens (tertiary/aromatic N) is 6. The molecule has 4 aromatic rings. The SMILES string of the molecule is Cc1cc(C(=O)CSc2nnc(CN3CCCC3)n2-c2ccccc2)c(C)n1-c1nccs1. The lowest BCUT2D eigenvalue weighted by molar-refractivity contribution is 0.102. The zero-order chi connectivity index (χ0) is 22.8. The minimum absolute atomic E-state index is 0.0830. The van der Waals surface area contributed by atoms with E-state index in [-0.39, 0.29) is 5.78 Å². The molecule has 33 heavy (non-hydrogen) atoms. The van der Waals surface area contributed by atoms with Crippen molar-refractivity contribution in [3.05, 3.63) is 70.8 Å². The molecule has 1 aliphatic heterocycles. The first-order valence-electron chi connectivity index (χ1n) is 11.1. The summed E-state index contributed by atoms with van der Waals surface area (Å²) < 4.78 is 4.14. The van der Waals surface area contributed by atoms with Crippen LogP contribution in [0.4, 0.5) is 0 Å². The van der Waals surface area contributed by atoms with Gasteiger partial charge >= 0.3 is 0 Å². The molecule has 0 bridgehead atoms. The average molecular weight is 479 g/mol. The maximum atomic E-state index is 13.2. The van der Waals surface area contributed by atoms with Gasteiger partial charge in [-0.05, 0) is 58.0 Å². The number of para-hydroxylation sites is 1. The second-order valence-electron chi connectivity index (χ2n) is 8.20. The molecular formula is C24H26N6OS2. The van der Waals surface area contributed by atoms with Gasteiger partial charge in [0.25, 0.3) is 0 Å². The number of ketones is 1. The van der Waals surface area contributed by atoms with E-state index >= 15 is 0 Å². The lowest BCUT2D eigenvalue weighted by Crippen LogP contribution is -2.21. The van der Waals surface area contributed by atoms with Gasteiger partial charge in [-0.25, -0.2) is 4.98 Å². The highest BCUT2D eigenvalue weighted by atomic mass is 32.2. The highest BCUT2D eigenvalue weighted by Gasteiger charge is 2.22. The van der Waals surface area contributed by atoms with Crippen LogP contribution < -0.4 is 0 Å². The number of carbonyl (C=O) groups excluding carboxylic acids is 1. The van der Waals surface area contributed by atoms with Crippen LogP contribution in [0.25, 0.3) is 10.8 Å². The predicted molar refractivity (Wildman–Crippen MR) is 132 cm³/mol. The summed E-state index contributed by atoms with van der Waals surface area (Å²) in [6.45, 7) is 6.95. The fraction of sp³-hybridized carbons (Fsp3) is 0.333. The minimum atomic E-state index is 0.0830. The average Bonchev–Trinajstić information content (AvgIpc) is 3.62. The molecule has 1 saturated heterocycles. The number of carbonyl (C=O) groups is 1. The van der Waals surface area contributed by atoms with Crippen molar-refractivity contribution in [1.82, 2.24) is 29.2 Å². The first-order chi connectivity index (χ1) is 16.1. The molecule has 0 aliphatic carbocycles. The van der Waals surface area contributed by atoms with Crippen LogP contribution in [-0.2, 0) is 6.54 Å². The molecule has 3 aromatic heterocycles. The second-order valence-corrected chi connectivity index (χ2v) is 10.0. The first-order valence-corrected chi connectivity index (χ1v) is 12.9. The minimum Gasteiger partial charge on any atom is -0.296 e. The Hall–Kier alpha value is -2.75. The van der Waals surface area contributed by atoms with E-state index in [1.54, 1.807) is 17.5 Å². The first kappa shape index (κ1) is 22.1. The molecular weight excluding hydrogens is 452 g/mol. The Morgan fingerprint density at radius 1 is 1.09 bits per heavy atom. The number of thiazole rings is 1. The molecule has 7 nitrogen and oxygen atoms in total. The van der Waals surface area contributed by atoms with Gasteiger partial charge in [0.15, 0.2) is 21.9 Å². The molecule has 1 aromatic carbocycles. The Morgan fingerprint density at radius 2 is 1.88 bits per heavy atom. The third-order valence-electron chi connectivity index (χ3n) is 5.95. The number of benzene rings is 1. The van der Waals surface area contributed by atoms with Crippen molar-refractivity contribution in [3.63, 3.8) is 0 Å². The highest BCUT2D eigenvalue weighted by molar-refractivity contribution is 7.99. The topological polar surface area (TPSA) is 68.8 Å². The maximum Gasteiger partial charge on any atom is 0.196 e. The fourth-order valence-corrected chi connectivity index (χ4v) is 5.95. The van der Waals surface area contributed by atoms with Crippen LogP contribution in [-0.4, -0.2) is 53.8 Å². The van der Waals surface area contributed by atoms with Crippen molar-refractivity contribution >= 4 is 28.9 Å². The van der Waals surface area contributed by atoms with Crippen LogP contribution in [0.3, 0.4) is 0 Å². The highest BCUT2D eigenvalue weighted by Crippen LogP contribution is 2.27. The van der Waals surface area contributed by atoms with Crippen LogP contribution in [0.1, 0.15) is 40.4 Å². The normalized spacial score (nSPS) is 14.2. The van der Waals surface area contributed by atoms with Gasteiger partial charge in [0, 0.05) is 34.2 Å². The monoisotopic (exact) mass is 478 g/mol. The van der Waals surface area contributed by atoms with Crippen LogP contribution in [0.5, 0.6) is 0 Å². The van der Waals surface area contributed by atoms with Gasteiger partial charge in [0.1, 0.15) is 0 Å². The Balaban J connectivity index is 1.38. The molecule has 0 N–H and O–H groups in total. The molecule has 0 atom stereocenters. The van der Waals surface area contributed by atoms with Crippen molar-refractivity contribution in [2.75, 3.05) is 18.8 Å². The predicted octanol–water partition coefficient (Wildman–Crippen LogP) is 4.70. The summed E-state index contributed by atoms with van der Waals surface area (Å²) in [5.41, 5.74) is 3.69. The van der Waals surface area contributed by atoms with Crippen LogP contribution in [0.15, 0.2) is 53.1 Å². The van der Waals surface area contributed by atoms with Crippen LogP contribution >= 0.6 is 23.1 Å². The fourth-order valence-electron chi connectivity index (χ4n) is 4.35. The van der Waals surface area contributed by atoms with Gasteiger partial charge in [-0.2, -0.15) is 0 Å². The number of thioether (sulfide) groups is 1. The summed E-state index contributed by atoms with van der Waals surface area (Å²) in [6.07, 6.45) is 4.25. The molecule has 170 valence electrons. The molecule has 4 heterocycles. The van der Waals surface area contributed by atoms with Gasteiger partial charge in [-0.3, -0.25) is 18.8 Å². The molecule has 1 fully saturated rings. The Kier molecular flexibility index (Phi) is 6.43. The van der Waals surface area contributed by atoms with E-state index in [0.717, 1.165) is 58.4 Å². The third kappa shape index (κ3) is 4.53. The van der Waals surface area contributed by atoms with E-state index in [1.165, 1.54) is 24.6 Å². The van der Waals surface area contributed by atoms with E-state index < -0.39 is 0 Å². The Bertz CT molecular complexity index is 1240. The van der Waals surface area contributed by atoms with Crippen LogP contribution in [0, 0.1) is 13.8 Å². The molecule has 0 radical (unpaired) electrons. The second kappa shape index (κ2) is 9.62. The van der Waals surface area contributed by atoms with Gasteiger partial charge in [0.05, 0.1) is 12.3 Å². The number of Topliss-reactive ketones (excluding diaryl/α,β-unsaturated/α-hetero) is 1. The molecule has 1 aliphatic rings. The summed E-state index contributed by atoms with van der Waals surface area (Å²) in [5, 5.41) is 12.5. The number of likely N-dealkylation sites (tertiary alicyclic amines) is 1. The number of hydrogen-bond donors (Lipinski definition) is 0. The lowest BCUT2D eigenvalue weighted by atomic mass is 10.2. The number of aryl methyl sites for hydroxylation is 1. The van der Waals surface area contributed by atoms with E-state index in [4.69, 9.17) is 0 Å². The lowest BCUT2D eigenvalue weighted by Gasteiger charge is -2.15. The van der Waals surface area contributed by atoms with Crippen molar-refractivity contribution in [2.24, 2.45) is 0 Å². The molecule has 0 saturated carbocycles. The maximum absolute atomic E-state index is 13.2. The zero-order valence-electron chi connectivity index (χ0n) is 18.8. The standard InChI is InChI=1S/C24H26N6OS2/c1-17-14-20(18(2)29(17)23-25-10-13-32-23)21(31)16-33-24-27-26-22(15-28-11-6-7-12-28)30(24)19-8-4-3-5-9-19/h3-5,8-10,13-14H,6-7,11-12,15-16H2,1-2H3. The number of aromatic nitrogens is 5. The molecule has 0 unspecified atom stereocenters. The van der Waals surface area contributed by atoms with Gasteiger partial charge in [0.2, 0.25) is 0 Å². The van der Waals surface area contributed by atoms with E-state index in [2.05, 4.69) is 36.8 Å². The smallest absolute Gasteiger partial charge is 0.196 e. The largest absolute Gasteiger partial charge is 0.296 e. The summed E-state index contributed by atoms with van der Waals surface area (Å²) in [6, 6.07) is 12.1. The van der Waals surface area contributed by atoms with Gasteiger partial charge < -0.3 is 0 Å². The quantitative estimate of drug-likeness (QED) is 0.270. The summed E-state index contributed by atoms with van der Waals surface area (Å²) >= 11 is 3.01. The molecule has 5 rings (SSSR count). The molecule has 9 heteroatoms. The van der Waals surface area contributed by atoms with Crippen molar-refractivity contribution < 1.29 is 4.79 Å². The van der Waals surface area contributed by atoms with Gasteiger partial charge in [-0.1, -0.05) is 30.0 Å². The molecule has 0 spiro atoms. The summed E-state index contributed by atoms with van der Waals surface area (Å²) in [5.74, 6) is 1.30. The van der Waals surface area contributed by atoms with Crippen LogP contribution in [0.2, 0.25) is 0 Å².